The van der Waals surface area contributed by atoms with Gasteiger partial charge in [-0.3, -0.25) is 0 Å². The molecule has 9 heteroatoms. The van der Waals surface area contributed by atoms with Crippen molar-refractivity contribution in [2.75, 3.05) is 0 Å². The van der Waals surface area contributed by atoms with Gasteiger partial charge in [-0.05, 0) is 0 Å². The van der Waals surface area contributed by atoms with Crippen molar-refractivity contribution < 1.29 is 23.5 Å². The summed E-state index contributed by atoms with van der Waals surface area (Å²) in [6.45, 7) is 20.3. The summed E-state index contributed by atoms with van der Waals surface area (Å²) in [7, 11) is -1.97. The van der Waals surface area contributed by atoms with Crippen molar-refractivity contribution in [3.63, 3.8) is 0 Å². The first-order valence-corrected chi connectivity index (χ1v) is 31.4. The van der Waals surface area contributed by atoms with Gasteiger partial charge in [0.05, 0.1) is 0 Å². The van der Waals surface area contributed by atoms with Crippen LogP contribution >= 0.6 is 22.6 Å². The summed E-state index contributed by atoms with van der Waals surface area (Å²) < 4.78 is 22.6. The van der Waals surface area contributed by atoms with Crippen molar-refractivity contribution in [2.24, 2.45) is 5.92 Å². The monoisotopic (exact) mass is 908 g/mol. The number of hydrogen-bond acceptors (Lipinski definition) is 5. The molecule has 0 bridgehead atoms. The molecule has 1 saturated heterocycles. The predicted octanol–water partition coefficient (Wildman–Crippen LogP) is 8.07. The first-order chi connectivity index (χ1) is 20.3. The summed E-state index contributed by atoms with van der Waals surface area (Å²) >= 11 is -0.596. The van der Waals surface area contributed by atoms with E-state index in [1.807, 2.05) is 29.2 Å². The minimum absolute atomic E-state index is 0.0583. The molecule has 3 rings (SSSR count). The molecule has 1 aliphatic heterocycles. The first kappa shape index (κ1) is 38.1. The van der Waals surface area contributed by atoms with Crippen LogP contribution < -0.4 is 8.24 Å². The van der Waals surface area contributed by atoms with Crippen LogP contribution in [0.15, 0.2) is 62.6 Å². The van der Waals surface area contributed by atoms with E-state index in [-0.39, 0.29) is 38.0 Å². The van der Waals surface area contributed by atoms with Crippen LogP contribution in [0, 0.1) is 5.92 Å². The number of ether oxygens (including phenoxy) is 1. The second kappa shape index (κ2) is 15.2. The fourth-order valence-electron chi connectivity index (χ4n) is 5.10. The maximum atomic E-state index is 13.7. The molecule has 4 atom stereocenters. The molecule has 1 aliphatic rings. The van der Waals surface area contributed by atoms with Crippen LogP contribution in [0.5, 0.6) is 0 Å². The molecule has 1 aromatic carbocycles. The van der Waals surface area contributed by atoms with Crippen molar-refractivity contribution in [1.82, 2.24) is 0 Å². The van der Waals surface area contributed by atoms with Crippen LogP contribution in [0.1, 0.15) is 65.2 Å². The summed E-state index contributed by atoms with van der Waals surface area (Å²) in [5.41, 5.74) is 3.26. The van der Waals surface area contributed by atoms with Crippen molar-refractivity contribution >= 4 is 78.4 Å². The zero-order valence-electron chi connectivity index (χ0n) is 28.4. The summed E-state index contributed by atoms with van der Waals surface area (Å²) in [5, 5.41) is 12.2. The Balaban J connectivity index is 1.93. The molecule has 0 radical (unpaired) electrons. The molecule has 5 nitrogen and oxygen atoms in total. The van der Waals surface area contributed by atoms with Crippen LogP contribution in [-0.4, -0.2) is 64.9 Å². The molecule has 244 valence electrons. The third kappa shape index (κ3) is 9.60. The molecule has 1 aromatic heterocycles. The second-order valence-corrected chi connectivity index (χ2v) is 37.7. The maximum absolute atomic E-state index is 13.7. The summed E-state index contributed by atoms with van der Waals surface area (Å²) in [4.78, 5) is 20.8. The number of furan rings is 1. The predicted molar refractivity (Wildman–Crippen MR) is 198 cm³/mol. The van der Waals surface area contributed by atoms with E-state index in [1.54, 1.807) is 0 Å². The Morgan fingerprint density at radius 3 is 2.43 bits per heavy atom. The van der Waals surface area contributed by atoms with Gasteiger partial charge in [0.2, 0.25) is 0 Å². The molecular weight excluding hydrogens is 853 g/mol. The van der Waals surface area contributed by atoms with Crippen LogP contribution in [0.2, 0.25) is 37.3 Å². The Hall–Kier alpha value is -0.365. The number of allylic oxidation sites excluding steroid dienone is 1. The van der Waals surface area contributed by atoms with E-state index in [2.05, 4.69) is 103 Å². The zero-order chi connectivity index (χ0) is 33.1. The minimum atomic E-state index is -2.52. The summed E-state index contributed by atoms with van der Waals surface area (Å²) in [5.74, 6) is 0.603. The molecule has 2 unspecified atom stereocenters. The molecule has 1 fully saturated rings. The topological polar surface area (TPSA) is 68.9 Å². The first-order valence-electron chi connectivity index (χ1n) is 15.6. The number of carbonyl (C=O) groups is 1. The number of aliphatic hydroxyl groups excluding tert-OH is 1. The number of rotatable bonds is 14. The van der Waals surface area contributed by atoms with E-state index in [9.17, 15) is 9.90 Å². The number of halogens is 1. The second-order valence-electron chi connectivity index (χ2n) is 15.1. The third-order valence-electron chi connectivity index (χ3n) is 9.13. The van der Waals surface area contributed by atoms with Crippen LogP contribution in [-0.2, 0) is 27.0 Å². The molecule has 2 aromatic rings. The summed E-state index contributed by atoms with van der Waals surface area (Å²) in [6, 6.07) is 12.3. The van der Waals surface area contributed by atoms with E-state index in [1.165, 1.54) is 5.57 Å². The van der Waals surface area contributed by atoms with E-state index in [4.69, 9.17) is 13.6 Å². The summed E-state index contributed by atoms with van der Waals surface area (Å²) in [6.07, 6.45) is 1.14. The van der Waals surface area contributed by atoms with Gasteiger partial charge in [-0.1, -0.05) is 0 Å². The van der Waals surface area contributed by atoms with Gasteiger partial charge in [-0.25, -0.2) is 0 Å². The normalized spacial score (nSPS) is 21.3. The van der Waals surface area contributed by atoms with Gasteiger partial charge >= 0.3 is 294 Å². The molecule has 0 amide bonds. The number of cyclic esters (lactones) is 1. The molecular formula is C35H53IO5SeSiSn. The molecule has 0 spiro atoms. The van der Waals surface area contributed by atoms with Crippen molar-refractivity contribution in [2.45, 2.75) is 116 Å². The van der Waals surface area contributed by atoms with E-state index in [0.717, 1.165) is 25.1 Å². The standard InChI is InChI=1S/C32H44IO5SeSi.3CH3.Sn/c1-22(2)25(17-28-24(14-15-36-28)21-37-40(7,8)31(4,5)6)18-29(34)32(39-27-12-10-9-11-13-27)19-26(38-30(32)35)16-23(3)20-33;;;;/h9-14,20,25-26,29,34H,1,16-19,21H2,2-8H3;3*1H3;/b23-20+;;;;/t25-,26-,29?,32?;;;;/m1..../s1. The van der Waals surface area contributed by atoms with E-state index >= 15 is 0 Å². The van der Waals surface area contributed by atoms with Crippen molar-refractivity contribution in [1.29, 1.82) is 0 Å². The molecule has 0 aliphatic carbocycles. The Morgan fingerprint density at radius 1 is 1.25 bits per heavy atom. The van der Waals surface area contributed by atoms with Crippen molar-refractivity contribution in [3.05, 3.63) is 69.5 Å². The Labute approximate surface area is 291 Å². The zero-order valence-corrected chi connectivity index (χ0v) is 36.1. The number of esters is 1. The average Bonchev–Trinajstić information content (AvgIpc) is 3.47. The van der Waals surface area contributed by atoms with Crippen molar-refractivity contribution in [3.8, 4) is 0 Å². The fourth-order valence-corrected chi connectivity index (χ4v) is 12.1. The van der Waals surface area contributed by atoms with Gasteiger partial charge in [0.15, 0.2) is 0 Å². The third-order valence-corrected chi connectivity index (χ3v) is 22.7. The van der Waals surface area contributed by atoms with Gasteiger partial charge in [-0.2, -0.15) is 0 Å². The Morgan fingerprint density at radius 2 is 1.89 bits per heavy atom. The van der Waals surface area contributed by atoms with Gasteiger partial charge in [-0.15, -0.1) is 0 Å². The number of benzene rings is 1. The average molecular weight is 906 g/mol. The van der Waals surface area contributed by atoms with Crippen LogP contribution in [0.3, 0.4) is 0 Å². The number of carbonyl (C=O) groups excluding carboxylic acids is 1. The fraction of sp³-hybridized carbons (Fsp3) is 0.571. The Kier molecular flexibility index (Phi) is 13.2. The quantitative estimate of drug-likeness (QED) is 0.0900. The Bertz CT molecular complexity index is 1330. The SMILES string of the molecule is C=C(C)[C@H](Cc1o[c]([Sn]([CH3])([CH3])[CH3])cc1CO[Si](C)(C)C(C)(C)C)CC(O)C1([Se]c2ccccc2)C[C@@H](C/C(C)=C/I)OC1=O. The van der Waals surface area contributed by atoms with E-state index in [0.29, 0.717) is 32.3 Å². The van der Waals surface area contributed by atoms with Gasteiger partial charge < -0.3 is 0 Å². The molecule has 2 heterocycles. The van der Waals surface area contributed by atoms with Gasteiger partial charge in [0, 0.05) is 0 Å². The van der Waals surface area contributed by atoms with Gasteiger partial charge in [0.25, 0.3) is 0 Å². The van der Waals surface area contributed by atoms with E-state index < -0.39 is 37.1 Å². The molecule has 44 heavy (non-hydrogen) atoms. The number of aliphatic hydroxyl groups is 1. The molecule has 1 N–H and O–H groups in total. The van der Waals surface area contributed by atoms with Gasteiger partial charge in [0.1, 0.15) is 0 Å². The van der Waals surface area contributed by atoms with Crippen LogP contribution in [0.4, 0.5) is 0 Å². The number of hydrogen-bond donors (Lipinski definition) is 1. The van der Waals surface area contributed by atoms with Crippen LogP contribution in [0.25, 0.3) is 0 Å². The molecule has 0 saturated carbocycles.